The van der Waals surface area contributed by atoms with E-state index < -0.39 is 0 Å². The number of hydrogen-bond acceptors (Lipinski definition) is 2. The Hall–Kier alpha value is -1.16. The van der Waals surface area contributed by atoms with Crippen molar-refractivity contribution in [2.45, 2.75) is 26.8 Å². The maximum absolute atomic E-state index is 5.76. The van der Waals surface area contributed by atoms with Crippen LogP contribution in [-0.4, -0.2) is 0 Å². The average molecular weight is 319 g/mol. The van der Waals surface area contributed by atoms with Gasteiger partial charge in [-0.15, -0.1) is 0 Å². The van der Waals surface area contributed by atoms with E-state index in [9.17, 15) is 0 Å². The van der Waals surface area contributed by atoms with E-state index in [1.54, 1.807) is 0 Å². The van der Waals surface area contributed by atoms with Crippen molar-refractivity contribution in [3.63, 3.8) is 0 Å². The molecule has 0 aliphatic rings. The lowest BCUT2D eigenvalue weighted by Crippen LogP contribution is -2.29. The molecule has 0 fully saturated rings. The fraction of sp³-hybridized carbons (Fsp3) is 0.250. The Kier molecular flexibility index (Phi) is 4.40. The molecule has 19 heavy (non-hydrogen) atoms. The molecule has 0 amide bonds. The van der Waals surface area contributed by atoms with Gasteiger partial charge in [-0.25, -0.2) is 5.43 Å². The van der Waals surface area contributed by atoms with Crippen LogP contribution in [0.3, 0.4) is 0 Å². The molecule has 1 atom stereocenters. The van der Waals surface area contributed by atoms with E-state index >= 15 is 0 Å². The number of hydrazine groups is 1. The predicted molar refractivity (Wildman–Crippen MR) is 84.0 cm³/mol. The van der Waals surface area contributed by atoms with Crippen LogP contribution in [0.15, 0.2) is 40.9 Å². The molecule has 1 unspecified atom stereocenters. The molecule has 0 radical (unpaired) electrons. The molecule has 0 aliphatic heterocycles. The monoisotopic (exact) mass is 318 g/mol. The van der Waals surface area contributed by atoms with Crippen LogP contribution in [0.2, 0.25) is 0 Å². The lowest BCUT2D eigenvalue weighted by atomic mass is 9.95. The molecule has 0 spiro atoms. The Morgan fingerprint density at radius 2 is 1.74 bits per heavy atom. The van der Waals surface area contributed by atoms with Gasteiger partial charge in [0.05, 0.1) is 6.04 Å². The summed E-state index contributed by atoms with van der Waals surface area (Å²) in [7, 11) is 0. The molecule has 0 saturated carbocycles. The van der Waals surface area contributed by atoms with Gasteiger partial charge < -0.3 is 0 Å². The largest absolute Gasteiger partial charge is 0.271 e. The summed E-state index contributed by atoms with van der Waals surface area (Å²) in [6.07, 6.45) is 0. The molecule has 2 aromatic carbocycles. The summed E-state index contributed by atoms with van der Waals surface area (Å²) in [6, 6.07) is 12.8. The van der Waals surface area contributed by atoms with Crippen molar-refractivity contribution in [3.8, 4) is 0 Å². The highest BCUT2D eigenvalue weighted by molar-refractivity contribution is 9.10. The standard InChI is InChI=1S/C16H19BrN2/c1-10-4-7-14(15(17)8-10)16(19-18)13-6-5-11(2)12(3)9-13/h4-9,16,19H,18H2,1-3H3. The molecule has 0 heterocycles. The molecule has 0 saturated heterocycles. The second kappa shape index (κ2) is 5.87. The summed E-state index contributed by atoms with van der Waals surface area (Å²) in [4.78, 5) is 0. The van der Waals surface area contributed by atoms with Gasteiger partial charge in [0, 0.05) is 4.47 Å². The molecule has 2 rings (SSSR count). The zero-order valence-corrected chi connectivity index (χ0v) is 13.1. The van der Waals surface area contributed by atoms with Crippen molar-refractivity contribution >= 4 is 15.9 Å². The Bertz CT molecular complexity index is 593. The fourth-order valence-corrected chi connectivity index (χ4v) is 2.90. The fourth-order valence-electron chi connectivity index (χ4n) is 2.18. The Morgan fingerprint density at radius 1 is 1.00 bits per heavy atom. The SMILES string of the molecule is Cc1ccc(C(NN)c2ccc(C)c(C)c2)c(Br)c1. The van der Waals surface area contributed by atoms with Gasteiger partial charge in [0.25, 0.3) is 0 Å². The van der Waals surface area contributed by atoms with Crippen molar-refractivity contribution in [3.05, 3.63) is 68.7 Å². The topological polar surface area (TPSA) is 38.0 Å². The molecular weight excluding hydrogens is 300 g/mol. The second-order valence-electron chi connectivity index (χ2n) is 4.97. The van der Waals surface area contributed by atoms with Crippen molar-refractivity contribution < 1.29 is 0 Å². The highest BCUT2D eigenvalue weighted by atomic mass is 79.9. The number of hydrogen-bond donors (Lipinski definition) is 2. The first kappa shape index (κ1) is 14.3. The van der Waals surface area contributed by atoms with Crippen LogP contribution < -0.4 is 11.3 Å². The van der Waals surface area contributed by atoms with E-state index in [0.29, 0.717) is 0 Å². The van der Waals surface area contributed by atoms with E-state index in [4.69, 9.17) is 5.84 Å². The van der Waals surface area contributed by atoms with Crippen LogP contribution in [0, 0.1) is 20.8 Å². The molecule has 0 aliphatic carbocycles. The Balaban J connectivity index is 2.46. The van der Waals surface area contributed by atoms with Crippen LogP contribution in [-0.2, 0) is 0 Å². The van der Waals surface area contributed by atoms with Crippen LogP contribution in [0.5, 0.6) is 0 Å². The molecule has 2 aromatic rings. The van der Waals surface area contributed by atoms with Gasteiger partial charge in [-0.3, -0.25) is 5.84 Å². The highest BCUT2D eigenvalue weighted by Gasteiger charge is 2.15. The van der Waals surface area contributed by atoms with Crippen molar-refractivity contribution in [2.24, 2.45) is 5.84 Å². The summed E-state index contributed by atoms with van der Waals surface area (Å²) in [5.41, 5.74) is 9.04. The first-order valence-corrected chi connectivity index (χ1v) is 7.11. The number of nitrogens with two attached hydrogens (primary N) is 1. The van der Waals surface area contributed by atoms with E-state index in [1.807, 2.05) is 0 Å². The summed E-state index contributed by atoms with van der Waals surface area (Å²) in [5, 5.41) is 0. The summed E-state index contributed by atoms with van der Waals surface area (Å²) in [6.45, 7) is 6.32. The molecule has 0 bridgehead atoms. The minimum atomic E-state index is -0.00530. The summed E-state index contributed by atoms with van der Waals surface area (Å²) in [5.74, 6) is 5.76. The lowest BCUT2D eigenvalue weighted by molar-refractivity contribution is 0.634. The van der Waals surface area contributed by atoms with E-state index in [1.165, 1.54) is 22.3 Å². The van der Waals surface area contributed by atoms with E-state index in [0.717, 1.165) is 10.0 Å². The zero-order valence-electron chi connectivity index (χ0n) is 11.5. The van der Waals surface area contributed by atoms with Gasteiger partial charge in [0.2, 0.25) is 0 Å². The van der Waals surface area contributed by atoms with Gasteiger partial charge >= 0.3 is 0 Å². The average Bonchev–Trinajstić information content (AvgIpc) is 2.37. The van der Waals surface area contributed by atoms with E-state index in [-0.39, 0.29) is 6.04 Å². The smallest absolute Gasteiger partial charge is 0.0721 e. The van der Waals surface area contributed by atoms with Gasteiger partial charge in [-0.2, -0.15) is 0 Å². The third-order valence-electron chi connectivity index (χ3n) is 3.50. The summed E-state index contributed by atoms with van der Waals surface area (Å²) < 4.78 is 1.08. The molecule has 0 aromatic heterocycles. The van der Waals surface area contributed by atoms with Crippen LogP contribution in [0.1, 0.15) is 33.9 Å². The van der Waals surface area contributed by atoms with Crippen molar-refractivity contribution in [1.82, 2.24) is 5.43 Å². The quantitative estimate of drug-likeness (QED) is 0.664. The third kappa shape index (κ3) is 3.06. The van der Waals surface area contributed by atoms with Crippen molar-refractivity contribution in [1.29, 1.82) is 0 Å². The minimum Gasteiger partial charge on any atom is -0.271 e. The lowest BCUT2D eigenvalue weighted by Gasteiger charge is -2.19. The van der Waals surface area contributed by atoms with Gasteiger partial charge in [0.15, 0.2) is 0 Å². The third-order valence-corrected chi connectivity index (χ3v) is 4.18. The van der Waals surface area contributed by atoms with Crippen LogP contribution >= 0.6 is 15.9 Å². The first-order chi connectivity index (χ1) is 9.02. The molecule has 3 N–H and O–H groups in total. The van der Waals surface area contributed by atoms with Crippen LogP contribution in [0.25, 0.3) is 0 Å². The Morgan fingerprint density at radius 3 is 2.32 bits per heavy atom. The number of nitrogens with one attached hydrogen (secondary N) is 1. The maximum atomic E-state index is 5.76. The van der Waals surface area contributed by atoms with Gasteiger partial charge in [-0.1, -0.05) is 46.3 Å². The molecule has 100 valence electrons. The first-order valence-electron chi connectivity index (χ1n) is 6.32. The number of aryl methyl sites for hydroxylation is 3. The molecule has 3 heteroatoms. The van der Waals surface area contributed by atoms with Crippen LogP contribution in [0.4, 0.5) is 0 Å². The normalized spacial score (nSPS) is 12.5. The summed E-state index contributed by atoms with van der Waals surface area (Å²) >= 11 is 3.62. The van der Waals surface area contributed by atoms with Gasteiger partial charge in [-0.05, 0) is 54.7 Å². The Labute approximate surface area is 123 Å². The molecular formula is C16H19BrN2. The minimum absolute atomic E-state index is 0.00530. The highest BCUT2D eigenvalue weighted by Crippen LogP contribution is 2.29. The molecule has 2 nitrogen and oxygen atoms in total. The maximum Gasteiger partial charge on any atom is 0.0721 e. The van der Waals surface area contributed by atoms with Gasteiger partial charge in [0.1, 0.15) is 0 Å². The number of halogens is 1. The number of benzene rings is 2. The van der Waals surface area contributed by atoms with E-state index in [2.05, 4.69) is 78.5 Å². The zero-order chi connectivity index (χ0) is 14.0. The second-order valence-corrected chi connectivity index (χ2v) is 5.82. The predicted octanol–water partition coefficient (Wildman–Crippen LogP) is 3.93. The number of rotatable bonds is 3. The van der Waals surface area contributed by atoms with Crippen molar-refractivity contribution in [2.75, 3.05) is 0 Å².